The van der Waals surface area contributed by atoms with Gasteiger partial charge in [0.15, 0.2) is 0 Å². The molecule has 0 radical (unpaired) electrons. The number of carbonyl (C=O) groups is 1. The zero-order valence-electron chi connectivity index (χ0n) is 11.5. The van der Waals surface area contributed by atoms with E-state index in [2.05, 4.69) is 22.5 Å². The van der Waals surface area contributed by atoms with E-state index in [1.807, 2.05) is 13.0 Å². The first-order chi connectivity index (χ1) is 9.65. The number of hydrogen-bond donors (Lipinski definition) is 1. The quantitative estimate of drug-likeness (QED) is 0.794. The average Bonchev–Trinajstić information content (AvgIpc) is 3.03. The summed E-state index contributed by atoms with van der Waals surface area (Å²) in [5, 5.41) is 4.65. The van der Waals surface area contributed by atoms with Crippen LogP contribution in [0.1, 0.15) is 13.3 Å². The number of hydrogen-bond acceptors (Lipinski definition) is 6. The van der Waals surface area contributed by atoms with E-state index >= 15 is 0 Å². The lowest BCUT2D eigenvalue weighted by molar-refractivity contribution is -0.142. The number of ether oxygens (including phenoxy) is 2. The maximum atomic E-state index is 11.4. The topological polar surface area (TPSA) is 59.9 Å². The second-order valence-electron chi connectivity index (χ2n) is 5.11. The molecule has 3 aliphatic rings. The third kappa shape index (κ3) is 2.76. The van der Waals surface area contributed by atoms with Gasteiger partial charge in [-0.2, -0.15) is 0 Å². The Morgan fingerprint density at radius 2 is 2.40 bits per heavy atom. The summed E-state index contributed by atoms with van der Waals surface area (Å²) < 4.78 is 10.7. The molecule has 1 saturated heterocycles. The number of fused-ring (bicyclic) bond motifs is 1. The maximum absolute atomic E-state index is 11.4. The molecule has 0 aromatic carbocycles. The first-order valence-electron chi connectivity index (χ1n) is 6.74. The molecule has 1 N–H and O–H groups in total. The molecule has 0 saturated carbocycles. The largest absolute Gasteiger partial charge is 0.489 e. The predicted octanol–water partition coefficient (Wildman–Crippen LogP) is 1.26. The molecule has 0 spiro atoms. The Labute approximate surface area is 122 Å². The summed E-state index contributed by atoms with van der Waals surface area (Å²) in [6.45, 7) is 2.70. The number of carbonyl (C=O) groups excluding carboxylic acids is 1. The highest BCUT2D eigenvalue weighted by Crippen LogP contribution is 2.33. The van der Waals surface area contributed by atoms with Crippen molar-refractivity contribution in [3.05, 3.63) is 24.0 Å². The molecule has 0 aromatic rings. The maximum Gasteiger partial charge on any atom is 0.323 e. The first-order valence-corrected chi connectivity index (χ1v) is 7.62. The monoisotopic (exact) mass is 294 g/mol. The lowest BCUT2D eigenvalue weighted by Crippen LogP contribution is -2.31. The minimum atomic E-state index is -0.256. The van der Waals surface area contributed by atoms with Crippen LogP contribution in [0.3, 0.4) is 0 Å². The minimum Gasteiger partial charge on any atom is -0.489 e. The van der Waals surface area contributed by atoms with E-state index < -0.39 is 0 Å². The van der Waals surface area contributed by atoms with Gasteiger partial charge in [-0.3, -0.25) is 9.79 Å². The predicted molar refractivity (Wildman–Crippen MR) is 78.8 cm³/mol. The Bertz CT molecular complexity index is 501. The van der Waals surface area contributed by atoms with Crippen LogP contribution in [0.5, 0.6) is 0 Å². The van der Waals surface area contributed by atoms with Gasteiger partial charge in [0.05, 0.1) is 23.4 Å². The van der Waals surface area contributed by atoms with Gasteiger partial charge in [-0.25, -0.2) is 0 Å². The van der Waals surface area contributed by atoms with Crippen molar-refractivity contribution in [2.75, 3.05) is 13.7 Å². The smallest absolute Gasteiger partial charge is 0.323 e. The Hall–Kier alpha value is -1.27. The molecule has 2 heterocycles. The zero-order chi connectivity index (χ0) is 14.1. The molecule has 0 bridgehead atoms. The van der Waals surface area contributed by atoms with E-state index in [4.69, 9.17) is 9.47 Å². The third-order valence-corrected chi connectivity index (χ3v) is 4.79. The van der Waals surface area contributed by atoms with Crippen LogP contribution in [0.4, 0.5) is 0 Å². The molecule has 3 rings (SSSR count). The van der Waals surface area contributed by atoms with Crippen molar-refractivity contribution in [2.45, 2.75) is 36.8 Å². The molecular weight excluding hydrogens is 276 g/mol. The number of aliphatic imine (C=N–C) groups is 1. The van der Waals surface area contributed by atoms with Gasteiger partial charge in [-0.15, -0.1) is 11.8 Å². The van der Waals surface area contributed by atoms with Crippen molar-refractivity contribution >= 4 is 22.8 Å². The number of rotatable bonds is 3. The van der Waals surface area contributed by atoms with Crippen molar-refractivity contribution in [3.63, 3.8) is 0 Å². The van der Waals surface area contributed by atoms with Gasteiger partial charge in [0.25, 0.3) is 0 Å². The van der Waals surface area contributed by atoms with Crippen LogP contribution in [-0.4, -0.2) is 48.1 Å². The Morgan fingerprint density at radius 1 is 1.55 bits per heavy atom. The van der Waals surface area contributed by atoms with Gasteiger partial charge in [0, 0.05) is 13.0 Å². The summed E-state index contributed by atoms with van der Waals surface area (Å²) in [6, 6.07) is -0.0704. The van der Waals surface area contributed by atoms with Crippen molar-refractivity contribution < 1.29 is 14.3 Å². The molecule has 108 valence electrons. The van der Waals surface area contributed by atoms with Gasteiger partial charge in [0.2, 0.25) is 0 Å². The van der Waals surface area contributed by atoms with Gasteiger partial charge >= 0.3 is 5.97 Å². The Kier molecular flexibility index (Phi) is 3.85. The first kappa shape index (κ1) is 13.7. The summed E-state index contributed by atoms with van der Waals surface area (Å²) in [7, 11) is 1.41. The van der Waals surface area contributed by atoms with Gasteiger partial charge in [-0.05, 0) is 19.1 Å². The molecule has 5 nitrogen and oxygen atoms in total. The SMILES string of the molecule is COC(=O)[C@@H]1C[C@H](OC2=CC3N=C(C)SC3C=C2)CN1. The minimum absolute atomic E-state index is 0.00526. The van der Waals surface area contributed by atoms with Gasteiger partial charge in [-0.1, -0.05) is 6.08 Å². The molecule has 0 amide bonds. The van der Waals surface area contributed by atoms with Crippen LogP contribution in [-0.2, 0) is 14.3 Å². The molecule has 2 aliphatic heterocycles. The van der Waals surface area contributed by atoms with Crippen LogP contribution < -0.4 is 5.32 Å². The third-order valence-electron chi connectivity index (χ3n) is 3.64. The molecule has 1 fully saturated rings. The van der Waals surface area contributed by atoms with Crippen molar-refractivity contribution in [1.29, 1.82) is 0 Å². The lowest BCUT2D eigenvalue weighted by atomic mass is 10.1. The van der Waals surface area contributed by atoms with Crippen molar-refractivity contribution in [2.24, 2.45) is 4.99 Å². The van der Waals surface area contributed by atoms with E-state index in [0.29, 0.717) is 18.2 Å². The molecule has 20 heavy (non-hydrogen) atoms. The highest BCUT2D eigenvalue weighted by atomic mass is 32.2. The number of esters is 1. The normalized spacial score (nSPS) is 35.3. The molecule has 1 aliphatic carbocycles. The van der Waals surface area contributed by atoms with E-state index in [9.17, 15) is 4.79 Å². The summed E-state index contributed by atoms with van der Waals surface area (Å²) in [5.41, 5.74) is 0. The number of nitrogens with zero attached hydrogens (tertiary/aromatic N) is 1. The van der Waals surface area contributed by atoms with Crippen LogP contribution in [0.15, 0.2) is 29.0 Å². The molecule has 0 aromatic heterocycles. The summed E-state index contributed by atoms with van der Waals surface area (Å²) in [6.07, 6.45) is 6.87. The Morgan fingerprint density at radius 3 is 3.20 bits per heavy atom. The van der Waals surface area contributed by atoms with Crippen molar-refractivity contribution in [3.8, 4) is 0 Å². The fraction of sp³-hybridized carbons (Fsp3) is 0.571. The van der Waals surface area contributed by atoms with Crippen LogP contribution in [0, 0.1) is 0 Å². The number of methoxy groups -OCH3 is 1. The van der Waals surface area contributed by atoms with Crippen LogP contribution in [0.2, 0.25) is 0 Å². The van der Waals surface area contributed by atoms with E-state index in [1.165, 1.54) is 7.11 Å². The molecule has 4 atom stereocenters. The van der Waals surface area contributed by atoms with Gasteiger partial charge in [0.1, 0.15) is 17.9 Å². The van der Waals surface area contributed by atoms with Crippen molar-refractivity contribution in [1.82, 2.24) is 5.32 Å². The van der Waals surface area contributed by atoms with E-state index in [-0.39, 0.29) is 24.2 Å². The summed E-state index contributed by atoms with van der Waals surface area (Å²) in [5.74, 6) is 0.624. The second kappa shape index (κ2) is 5.61. The highest BCUT2D eigenvalue weighted by molar-refractivity contribution is 8.14. The standard InChI is InChI=1S/C14H18N2O3S/c1-8-16-11-5-9(3-4-13(11)20-8)19-10-6-12(15-7-10)14(17)18-2/h3-5,10-13,15H,6-7H2,1-2H3/t10-,11?,12-,13?/m0/s1. The zero-order valence-corrected chi connectivity index (χ0v) is 12.4. The van der Waals surface area contributed by atoms with E-state index in [1.54, 1.807) is 11.8 Å². The van der Waals surface area contributed by atoms with Crippen LogP contribution >= 0.6 is 11.8 Å². The molecular formula is C14H18N2O3S. The fourth-order valence-corrected chi connectivity index (χ4v) is 3.68. The fourth-order valence-electron chi connectivity index (χ4n) is 2.67. The summed E-state index contributed by atoms with van der Waals surface area (Å²) >= 11 is 1.79. The molecule has 2 unspecified atom stereocenters. The lowest BCUT2D eigenvalue weighted by Gasteiger charge is -2.20. The number of thioether (sulfide) groups is 1. The van der Waals surface area contributed by atoms with Gasteiger partial charge < -0.3 is 14.8 Å². The second-order valence-corrected chi connectivity index (χ2v) is 6.48. The Balaban J connectivity index is 1.58. The van der Waals surface area contributed by atoms with E-state index in [0.717, 1.165) is 10.8 Å². The number of nitrogens with one attached hydrogen (secondary N) is 1. The average molecular weight is 294 g/mol. The summed E-state index contributed by atoms with van der Waals surface area (Å²) in [4.78, 5) is 16.0. The molecule has 6 heteroatoms. The highest BCUT2D eigenvalue weighted by Gasteiger charge is 2.33. The number of allylic oxidation sites excluding steroid dienone is 1. The van der Waals surface area contributed by atoms with Crippen LogP contribution in [0.25, 0.3) is 0 Å².